The van der Waals surface area contributed by atoms with Crippen LogP contribution < -0.4 is 15.2 Å². The molecule has 0 fully saturated rings. The third-order valence-electron chi connectivity index (χ3n) is 3.40. The molecule has 2 N–H and O–H groups in total. The molecular weight excluding hydrogens is 332 g/mol. The number of amides is 1. The molecule has 0 aliphatic carbocycles. The number of nitrogens with two attached hydrogens (primary N) is 1. The van der Waals surface area contributed by atoms with E-state index in [4.69, 9.17) is 15.2 Å². The molecule has 2 aromatic rings. The average molecular weight is 349 g/mol. The van der Waals surface area contributed by atoms with Crippen LogP contribution in [0.2, 0.25) is 0 Å². The molecule has 0 radical (unpaired) electrons. The number of hydrogen-bond acceptors (Lipinski definition) is 4. The van der Waals surface area contributed by atoms with Crippen molar-refractivity contribution >= 4 is 11.9 Å². The first-order valence-electron chi connectivity index (χ1n) is 7.56. The minimum atomic E-state index is -0.958. The van der Waals surface area contributed by atoms with Gasteiger partial charge in [0.1, 0.15) is 11.5 Å². The molecule has 0 spiro atoms. The normalized spacial score (nSPS) is 11.6. The molecule has 7 heteroatoms. The fourth-order valence-corrected chi connectivity index (χ4v) is 2.01. The van der Waals surface area contributed by atoms with Crippen molar-refractivity contribution in [3.8, 4) is 11.5 Å². The van der Waals surface area contributed by atoms with Crippen LogP contribution in [0, 0.1) is 11.6 Å². The van der Waals surface area contributed by atoms with Crippen molar-refractivity contribution in [3.63, 3.8) is 0 Å². The number of benzene rings is 2. The van der Waals surface area contributed by atoms with Gasteiger partial charge in [0.05, 0.1) is 6.42 Å². The van der Waals surface area contributed by atoms with Crippen LogP contribution in [0.4, 0.5) is 8.78 Å². The Morgan fingerprint density at radius 1 is 1.08 bits per heavy atom. The third-order valence-corrected chi connectivity index (χ3v) is 3.40. The van der Waals surface area contributed by atoms with Gasteiger partial charge in [-0.2, -0.15) is 0 Å². The Labute approximate surface area is 143 Å². The molecule has 0 aliphatic rings. The number of carbonyl (C=O) groups excluding carboxylic acids is 2. The Bertz CT molecular complexity index is 762. The second-order valence-corrected chi connectivity index (χ2v) is 5.32. The van der Waals surface area contributed by atoms with Gasteiger partial charge in [-0.3, -0.25) is 9.59 Å². The molecular formula is C18H17F2NO4. The molecule has 2 aromatic carbocycles. The molecule has 0 bridgehead atoms. The molecule has 132 valence electrons. The summed E-state index contributed by atoms with van der Waals surface area (Å²) in [4.78, 5) is 22.7. The highest BCUT2D eigenvalue weighted by Crippen LogP contribution is 2.20. The zero-order valence-electron chi connectivity index (χ0n) is 13.5. The smallest absolute Gasteiger partial charge is 0.311 e. The summed E-state index contributed by atoms with van der Waals surface area (Å²) in [5.74, 6) is -2.42. The van der Waals surface area contributed by atoms with Gasteiger partial charge in [0.15, 0.2) is 17.7 Å². The van der Waals surface area contributed by atoms with E-state index in [2.05, 4.69) is 0 Å². The van der Waals surface area contributed by atoms with Crippen molar-refractivity contribution in [2.45, 2.75) is 25.9 Å². The van der Waals surface area contributed by atoms with E-state index in [9.17, 15) is 18.4 Å². The molecule has 1 amide bonds. The fraction of sp³-hybridized carbons (Fsp3) is 0.222. The van der Waals surface area contributed by atoms with Gasteiger partial charge < -0.3 is 15.2 Å². The first-order chi connectivity index (χ1) is 11.9. The molecule has 5 nitrogen and oxygen atoms in total. The van der Waals surface area contributed by atoms with Gasteiger partial charge in [-0.1, -0.05) is 12.1 Å². The standard InChI is InChI=1S/C18H17F2NO4/c1-11(18(21)23)24-13-6-8-14(9-7-13)25-16(22)10-5-12-3-2-4-15(19)17(12)20/h2-4,6-9,11H,5,10H2,1H3,(H2,21,23)/t11-/m1/s1. The van der Waals surface area contributed by atoms with Crippen molar-refractivity contribution in [2.24, 2.45) is 5.73 Å². The number of carbonyl (C=O) groups is 2. The van der Waals surface area contributed by atoms with Crippen LogP contribution in [0.5, 0.6) is 11.5 Å². The molecule has 0 aliphatic heterocycles. The average Bonchev–Trinajstić information content (AvgIpc) is 2.58. The largest absolute Gasteiger partial charge is 0.481 e. The maximum absolute atomic E-state index is 13.5. The Kier molecular flexibility index (Phi) is 6.05. The lowest BCUT2D eigenvalue weighted by atomic mass is 10.1. The second-order valence-electron chi connectivity index (χ2n) is 5.32. The van der Waals surface area contributed by atoms with Gasteiger partial charge in [0, 0.05) is 0 Å². The first kappa shape index (κ1) is 18.4. The van der Waals surface area contributed by atoms with E-state index in [1.54, 1.807) is 0 Å². The van der Waals surface area contributed by atoms with Crippen LogP contribution in [-0.4, -0.2) is 18.0 Å². The van der Waals surface area contributed by atoms with E-state index >= 15 is 0 Å². The van der Waals surface area contributed by atoms with Gasteiger partial charge in [-0.25, -0.2) is 8.78 Å². The number of hydrogen-bond donors (Lipinski definition) is 1. The lowest BCUT2D eigenvalue weighted by Gasteiger charge is -2.11. The maximum atomic E-state index is 13.5. The highest BCUT2D eigenvalue weighted by molar-refractivity contribution is 5.78. The van der Waals surface area contributed by atoms with Crippen LogP contribution in [0.3, 0.4) is 0 Å². The predicted molar refractivity (Wildman–Crippen MR) is 86.0 cm³/mol. The zero-order valence-corrected chi connectivity index (χ0v) is 13.5. The topological polar surface area (TPSA) is 78.6 Å². The molecule has 0 heterocycles. The van der Waals surface area contributed by atoms with E-state index in [0.29, 0.717) is 5.75 Å². The number of ether oxygens (including phenoxy) is 2. The molecule has 1 atom stereocenters. The Morgan fingerprint density at radius 3 is 2.36 bits per heavy atom. The minimum absolute atomic E-state index is 0.0275. The number of rotatable bonds is 7. The van der Waals surface area contributed by atoms with Crippen LogP contribution in [-0.2, 0) is 16.0 Å². The van der Waals surface area contributed by atoms with Crippen molar-refractivity contribution in [1.82, 2.24) is 0 Å². The summed E-state index contributed by atoms with van der Waals surface area (Å²) in [7, 11) is 0. The lowest BCUT2D eigenvalue weighted by Crippen LogP contribution is -2.30. The van der Waals surface area contributed by atoms with Gasteiger partial charge in [0.25, 0.3) is 5.91 Å². The summed E-state index contributed by atoms with van der Waals surface area (Å²) in [6.45, 7) is 1.52. The van der Waals surface area contributed by atoms with Gasteiger partial charge in [-0.05, 0) is 49.2 Å². The summed E-state index contributed by atoms with van der Waals surface area (Å²) in [6.07, 6.45) is -0.855. The van der Waals surface area contributed by atoms with Gasteiger partial charge in [0.2, 0.25) is 0 Å². The van der Waals surface area contributed by atoms with E-state index in [-0.39, 0.29) is 24.2 Å². The summed E-state index contributed by atoms with van der Waals surface area (Å²) in [5, 5.41) is 0. The number of halogens is 2. The number of esters is 1. The zero-order chi connectivity index (χ0) is 18.4. The number of aryl methyl sites for hydroxylation is 1. The maximum Gasteiger partial charge on any atom is 0.311 e. The first-order valence-corrected chi connectivity index (χ1v) is 7.56. The monoisotopic (exact) mass is 349 g/mol. The van der Waals surface area contributed by atoms with Gasteiger partial charge >= 0.3 is 5.97 Å². The van der Waals surface area contributed by atoms with Crippen molar-refractivity contribution in [1.29, 1.82) is 0 Å². The van der Waals surface area contributed by atoms with Crippen LogP contribution in [0.1, 0.15) is 18.9 Å². The molecule has 0 aromatic heterocycles. The van der Waals surface area contributed by atoms with Gasteiger partial charge in [-0.15, -0.1) is 0 Å². The van der Waals surface area contributed by atoms with Crippen LogP contribution >= 0.6 is 0 Å². The Balaban J connectivity index is 1.88. The molecule has 0 unspecified atom stereocenters. The second kappa shape index (κ2) is 8.23. The quantitative estimate of drug-likeness (QED) is 0.616. The molecule has 0 saturated carbocycles. The SMILES string of the molecule is C[C@@H](Oc1ccc(OC(=O)CCc2cccc(F)c2F)cc1)C(N)=O. The van der Waals surface area contributed by atoms with Crippen molar-refractivity contribution in [3.05, 3.63) is 59.7 Å². The summed E-state index contributed by atoms with van der Waals surface area (Å²) in [5.41, 5.74) is 5.21. The highest BCUT2D eigenvalue weighted by atomic mass is 19.2. The van der Waals surface area contributed by atoms with E-state index in [1.807, 2.05) is 0 Å². The van der Waals surface area contributed by atoms with E-state index < -0.39 is 29.6 Å². The Hall–Kier alpha value is -2.96. The van der Waals surface area contributed by atoms with E-state index in [1.165, 1.54) is 43.3 Å². The summed E-state index contributed by atoms with van der Waals surface area (Å²) in [6, 6.07) is 9.83. The molecule has 2 rings (SSSR count). The Morgan fingerprint density at radius 2 is 1.72 bits per heavy atom. The van der Waals surface area contributed by atoms with E-state index in [0.717, 1.165) is 6.07 Å². The summed E-state index contributed by atoms with van der Waals surface area (Å²) < 4.78 is 37.0. The van der Waals surface area contributed by atoms with Crippen molar-refractivity contribution in [2.75, 3.05) is 0 Å². The number of primary amides is 1. The lowest BCUT2D eigenvalue weighted by molar-refractivity contribution is -0.134. The highest BCUT2D eigenvalue weighted by Gasteiger charge is 2.12. The molecule has 25 heavy (non-hydrogen) atoms. The summed E-state index contributed by atoms with van der Waals surface area (Å²) >= 11 is 0. The fourth-order valence-electron chi connectivity index (χ4n) is 2.01. The minimum Gasteiger partial charge on any atom is -0.481 e. The third kappa shape index (κ3) is 5.27. The predicted octanol–water partition coefficient (Wildman–Crippen LogP) is 2.76. The van der Waals surface area contributed by atoms with Crippen molar-refractivity contribution < 1.29 is 27.8 Å². The van der Waals surface area contributed by atoms with Crippen LogP contribution in [0.25, 0.3) is 0 Å². The molecule has 0 saturated heterocycles. The van der Waals surface area contributed by atoms with Crippen LogP contribution in [0.15, 0.2) is 42.5 Å².